The summed E-state index contributed by atoms with van der Waals surface area (Å²) >= 11 is 0. The summed E-state index contributed by atoms with van der Waals surface area (Å²) in [6.45, 7) is 10.6. The summed E-state index contributed by atoms with van der Waals surface area (Å²) in [5.41, 5.74) is 1.29. The molecular weight excluding hydrogens is 390 g/mol. The van der Waals surface area contributed by atoms with Gasteiger partial charge in [0.25, 0.3) is 5.91 Å². The van der Waals surface area contributed by atoms with Gasteiger partial charge < -0.3 is 14.6 Å². The van der Waals surface area contributed by atoms with Crippen molar-refractivity contribution in [2.24, 2.45) is 0 Å². The first kappa shape index (κ1) is 21.6. The van der Waals surface area contributed by atoms with Gasteiger partial charge in [0, 0.05) is 24.4 Å². The van der Waals surface area contributed by atoms with Crippen LogP contribution in [-0.4, -0.2) is 37.0 Å². The molecule has 0 radical (unpaired) electrons. The fourth-order valence-corrected chi connectivity index (χ4v) is 5.79. The van der Waals surface area contributed by atoms with Gasteiger partial charge in [0.1, 0.15) is 5.82 Å². The largest absolute Gasteiger partial charge is 0.501 e. The molecule has 0 atom stereocenters. The summed E-state index contributed by atoms with van der Waals surface area (Å²) < 4.78 is 1.81. The van der Waals surface area contributed by atoms with Crippen LogP contribution in [0.3, 0.4) is 0 Å². The zero-order chi connectivity index (χ0) is 22.6. The highest BCUT2D eigenvalue weighted by Gasteiger charge is 2.44. The molecular formula is C25H33N3O3. The second kappa shape index (κ2) is 7.50. The van der Waals surface area contributed by atoms with E-state index in [4.69, 9.17) is 0 Å². The van der Waals surface area contributed by atoms with Crippen molar-refractivity contribution in [3.63, 3.8) is 0 Å². The highest BCUT2D eigenvalue weighted by Crippen LogP contribution is 2.44. The number of rotatable bonds is 4. The molecule has 0 bridgehead atoms. The van der Waals surface area contributed by atoms with Crippen LogP contribution in [-0.2, 0) is 18.4 Å². The minimum atomic E-state index is -0.713. The second-order valence-corrected chi connectivity index (χ2v) is 10.2. The lowest BCUT2D eigenvalue weighted by atomic mass is 9.75. The number of hydrogen-bond acceptors (Lipinski definition) is 4. The summed E-state index contributed by atoms with van der Waals surface area (Å²) in [6.07, 6.45) is 4.91. The van der Waals surface area contributed by atoms with Gasteiger partial charge in [0.05, 0.1) is 5.54 Å². The third-order valence-electron chi connectivity index (χ3n) is 7.06. The molecule has 2 heterocycles. The molecule has 1 aromatic carbocycles. The first-order chi connectivity index (χ1) is 14.6. The summed E-state index contributed by atoms with van der Waals surface area (Å²) in [5.74, 6) is -0.238. The van der Waals surface area contributed by atoms with Crippen LogP contribution in [0.5, 0.6) is 5.75 Å². The van der Waals surface area contributed by atoms with E-state index in [9.17, 15) is 14.7 Å². The number of nitrogens with zero attached hydrogens (tertiary/aromatic N) is 3. The van der Waals surface area contributed by atoms with Crippen molar-refractivity contribution in [1.82, 2.24) is 14.5 Å². The van der Waals surface area contributed by atoms with Crippen LogP contribution < -0.4 is 5.56 Å². The molecule has 4 rings (SSSR count). The predicted octanol–water partition coefficient (Wildman–Crippen LogP) is 3.95. The number of carbonyl (C=O) groups is 1. The van der Waals surface area contributed by atoms with Gasteiger partial charge in [-0.05, 0) is 53.0 Å². The first-order valence-electron chi connectivity index (χ1n) is 11.3. The lowest BCUT2D eigenvalue weighted by Crippen LogP contribution is -2.58. The number of benzene rings is 1. The van der Waals surface area contributed by atoms with Gasteiger partial charge in [-0.2, -0.15) is 4.98 Å². The van der Waals surface area contributed by atoms with Crippen molar-refractivity contribution >= 4 is 5.91 Å². The SMILES string of the molecule is Cc1cccc(C2(Cc3nc(=O)c(O)c4n3CC(C)(C)N(C(C)C)C4=O)CCCC2)c1. The Morgan fingerprint density at radius 3 is 2.45 bits per heavy atom. The average Bonchev–Trinajstić information content (AvgIpc) is 3.14. The molecule has 0 saturated heterocycles. The number of carbonyl (C=O) groups excluding carboxylic acids is 1. The van der Waals surface area contributed by atoms with Crippen LogP contribution in [0.2, 0.25) is 0 Å². The van der Waals surface area contributed by atoms with Gasteiger partial charge in [-0.15, -0.1) is 0 Å². The highest BCUT2D eigenvalue weighted by atomic mass is 16.3. The molecule has 2 aliphatic rings. The van der Waals surface area contributed by atoms with Gasteiger partial charge in [-0.1, -0.05) is 42.7 Å². The number of fused-ring (bicyclic) bond motifs is 1. The van der Waals surface area contributed by atoms with Gasteiger partial charge in [0.2, 0.25) is 5.75 Å². The van der Waals surface area contributed by atoms with E-state index in [2.05, 4.69) is 36.2 Å². The van der Waals surface area contributed by atoms with Crippen LogP contribution in [0.15, 0.2) is 29.1 Å². The molecule has 6 heteroatoms. The van der Waals surface area contributed by atoms with Gasteiger partial charge in [0.15, 0.2) is 5.69 Å². The maximum atomic E-state index is 13.4. The minimum absolute atomic E-state index is 0.0455. The molecule has 31 heavy (non-hydrogen) atoms. The van der Waals surface area contributed by atoms with Gasteiger partial charge in [-0.25, -0.2) is 0 Å². The Bertz CT molecular complexity index is 1080. The van der Waals surface area contributed by atoms with Crippen molar-refractivity contribution < 1.29 is 9.90 Å². The normalized spacial score (nSPS) is 19.7. The smallest absolute Gasteiger partial charge is 0.315 e. The summed E-state index contributed by atoms with van der Waals surface area (Å²) in [4.78, 5) is 32.1. The number of aromatic nitrogens is 2. The summed E-state index contributed by atoms with van der Waals surface area (Å²) in [6, 6.07) is 8.54. The summed E-state index contributed by atoms with van der Waals surface area (Å²) in [5, 5.41) is 10.5. The first-order valence-corrected chi connectivity index (χ1v) is 11.3. The Morgan fingerprint density at radius 2 is 1.84 bits per heavy atom. The number of hydrogen-bond donors (Lipinski definition) is 1. The van der Waals surface area contributed by atoms with E-state index >= 15 is 0 Å². The molecule has 1 aliphatic heterocycles. The van der Waals surface area contributed by atoms with Crippen molar-refractivity contribution in [3.05, 3.63) is 57.3 Å². The van der Waals surface area contributed by atoms with Crippen molar-refractivity contribution in [1.29, 1.82) is 0 Å². The van der Waals surface area contributed by atoms with Crippen molar-refractivity contribution in [2.45, 2.75) is 90.3 Å². The predicted molar refractivity (Wildman–Crippen MR) is 121 cm³/mol. The van der Waals surface area contributed by atoms with E-state index in [0.29, 0.717) is 18.8 Å². The van der Waals surface area contributed by atoms with E-state index in [0.717, 1.165) is 25.7 Å². The van der Waals surface area contributed by atoms with Gasteiger partial charge in [-0.3, -0.25) is 9.59 Å². The standard InChI is InChI=1S/C25H33N3O3/c1-16(2)28-23(31)20-21(29)22(30)26-19(27(20)15-24(28,4)5)14-25(11-6-7-12-25)18-10-8-9-17(3)13-18/h8-10,13,16,29H,6-7,11-12,14-15H2,1-5H3. The Hall–Kier alpha value is -2.63. The molecule has 6 nitrogen and oxygen atoms in total. The van der Waals surface area contributed by atoms with E-state index in [-0.39, 0.29) is 23.1 Å². The van der Waals surface area contributed by atoms with Crippen LogP contribution >= 0.6 is 0 Å². The Morgan fingerprint density at radius 1 is 1.16 bits per heavy atom. The zero-order valence-electron chi connectivity index (χ0n) is 19.2. The molecule has 0 unspecified atom stereocenters. The van der Waals surface area contributed by atoms with E-state index in [1.54, 1.807) is 4.90 Å². The molecule has 1 amide bonds. The van der Waals surface area contributed by atoms with E-state index in [1.807, 2.05) is 32.3 Å². The molecule has 1 N–H and O–H groups in total. The average molecular weight is 424 g/mol. The molecule has 0 spiro atoms. The van der Waals surface area contributed by atoms with Crippen LogP contribution in [0, 0.1) is 6.92 Å². The maximum absolute atomic E-state index is 13.4. The van der Waals surface area contributed by atoms with Gasteiger partial charge >= 0.3 is 5.56 Å². The molecule has 1 aromatic heterocycles. The second-order valence-electron chi connectivity index (χ2n) is 10.2. The van der Waals surface area contributed by atoms with Crippen LogP contribution in [0.1, 0.15) is 80.8 Å². The Kier molecular flexibility index (Phi) is 5.23. The Balaban J connectivity index is 1.87. The third kappa shape index (κ3) is 3.56. The van der Waals surface area contributed by atoms with E-state index in [1.165, 1.54) is 11.1 Å². The number of aryl methyl sites for hydroxylation is 1. The lowest BCUT2D eigenvalue weighted by molar-refractivity contribution is 0.0283. The minimum Gasteiger partial charge on any atom is -0.501 e. The number of aromatic hydroxyl groups is 1. The van der Waals surface area contributed by atoms with Crippen LogP contribution in [0.25, 0.3) is 0 Å². The van der Waals surface area contributed by atoms with Crippen LogP contribution in [0.4, 0.5) is 0 Å². The molecule has 1 saturated carbocycles. The zero-order valence-corrected chi connectivity index (χ0v) is 19.2. The molecule has 1 aliphatic carbocycles. The molecule has 2 aromatic rings. The quantitative estimate of drug-likeness (QED) is 0.808. The van der Waals surface area contributed by atoms with Crippen molar-refractivity contribution in [3.8, 4) is 5.75 Å². The van der Waals surface area contributed by atoms with Crippen molar-refractivity contribution in [2.75, 3.05) is 0 Å². The Labute approximate surface area is 183 Å². The highest BCUT2D eigenvalue weighted by molar-refractivity contribution is 5.96. The lowest BCUT2D eigenvalue weighted by Gasteiger charge is -2.46. The fourth-order valence-electron chi connectivity index (χ4n) is 5.79. The number of amides is 1. The van der Waals surface area contributed by atoms with E-state index < -0.39 is 16.8 Å². The summed E-state index contributed by atoms with van der Waals surface area (Å²) in [7, 11) is 0. The molecule has 1 fully saturated rings. The fraction of sp³-hybridized carbons (Fsp3) is 0.560. The topological polar surface area (TPSA) is 75.4 Å². The molecule has 166 valence electrons. The third-order valence-corrected chi connectivity index (χ3v) is 7.06. The monoisotopic (exact) mass is 423 g/mol. The maximum Gasteiger partial charge on any atom is 0.315 e.